The van der Waals surface area contributed by atoms with Crippen molar-refractivity contribution in [2.24, 2.45) is 0 Å². The van der Waals surface area contributed by atoms with Crippen molar-refractivity contribution in [3.05, 3.63) is 23.8 Å². The molecule has 0 aliphatic carbocycles. The first kappa shape index (κ1) is 18.0. The van der Waals surface area contributed by atoms with Crippen molar-refractivity contribution in [3.8, 4) is 11.8 Å². The van der Waals surface area contributed by atoms with Crippen LogP contribution in [-0.4, -0.2) is 24.7 Å². The normalized spacial score (nSPS) is 13.0. The standard InChI is InChI=1S/C17H24N2O3/c1-5-10-17(4,22-7-3)16(20)19-15-9-8-14(21-6-2)11-13(15)12-18/h8-9,11H,5-7,10H2,1-4H3,(H,19,20)/t17-/m1/s1. The van der Waals surface area contributed by atoms with E-state index in [9.17, 15) is 10.1 Å². The maximum absolute atomic E-state index is 12.5. The van der Waals surface area contributed by atoms with E-state index in [4.69, 9.17) is 9.47 Å². The SMILES string of the molecule is CCC[C@@](C)(OCC)C(=O)Nc1ccc(OCC)cc1C#N. The number of carbonyl (C=O) groups excluding carboxylic acids is 1. The number of nitrogens with zero attached hydrogens (tertiary/aromatic N) is 1. The van der Waals surface area contributed by atoms with Gasteiger partial charge in [-0.1, -0.05) is 13.3 Å². The van der Waals surface area contributed by atoms with Crippen LogP contribution in [0.1, 0.15) is 46.1 Å². The number of rotatable bonds is 8. The van der Waals surface area contributed by atoms with Gasteiger partial charge in [0.2, 0.25) is 0 Å². The van der Waals surface area contributed by atoms with Gasteiger partial charge in [-0.15, -0.1) is 0 Å². The molecule has 0 fully saturated rings. The van der Waals surface area contributed by atoms with E-state index in [1.54, 1.807) is 25.1 Å². The fraction of sp³-hybridized carbons (Fsp3) is 0.529. The number of hydrogen-bond acceptors (Lipinski definition) is 4. The summed E-state index contributed by atoms with van der Waals surface area (Å²) in [5.41, 5.74) is -0.0536. The van der Waals surface area contributed by atoms with Crippen LogP contribution in [0.25, 0.3) is 0 Å². The van der Waals surface area contributed by atoms with Crippen molar-refractivity contribution in [1.82, 2.24) is 0 Å². The number of benzene rings is 1. The molecule has 0 aromatic heterocycles. The second-order valence-electron chi connectivity index (χ2n) is 5.12. The monoisotopic (exact) mass is 304 g/mol. The van der Waals surface area contributed by atoms with E-state index < -0.39 is 5.60 Å². The molecule has 0 aliphatic rings. The van der Waals surface area contributed by atoms with Gasteiger partial charge in [0.25, 0.3) is 5.91 Å². The van der Waals surface area contributed by atoms with Crippen LogP contribution in [0, 0.1) is 11.3 Å². The van der Waals surface area contributed by atoms with Crippen LogP contribution >= 0.6 is 0 Å². The summed E-state index contributed by atoms with van der Waals surface area (Å²) in [6.45, 7) is 8.49. The highest BCUT2D eigenvalue weighted by atomic mass is 16.5. The molecule has 0 saturated heterocycles. The third kappa shape index (κ3) is 4.47. The van der Waals surface area contributed by atoms with Gasteiger partial charge in [-0.25, -0.2) is 0 Å². The average Bonchev–Trinajstić information content (AvgIpc) is 2.49. The van der Waals surface area contributed by atoms with E-state index in [0.717, 1.165) is 6.42 Å². The highest BCUT2D eigenvalue weighted by molar-refractivity contribution is 5.98. The zero-order chi connectivity index (χ0) is 16.6. The van der Waals surface area contributed by atoms with Gasteiger partial charge in [0.1, 0.15) is 17.4 Å². The molecular weight excluding hydrogens is 280 g/mol. The quantitative estimate of drug-likeness (QED) is 0.798. The minimum Gasteiger partial charge on any atom is -0.494 e. The highest BCUT2D eigenvalue weighted by Crippen LogP contribution is 2.25. The summed E-state index contributed by atoms with van der Waals surface area (Å²) in [6, 6.07) is 7.12. The van der Waals surface area contributed by atoms with Gasteiger partial charge in [0.15, 0.2) is 0 Å². The summed E-state index contributed by atoms with van der Waals surface area (Å²) >= 11 is 0. The van der Waals surface area contributed by atoms with Crippen LogP contribution < -0.4 is 10.1 Å². The Kier molecular flexibility index (Phi) is 6.87. The first-order valence-corrected chi connectivity index (χ1v) is 7.63. The van der Waals surface area contributed by atoms with Gasteiger partial charge < -0.3 is 14.8 Å². The molecule has 120 valence electrons. The molecule has 0 spiro atoms. The molecular formula is C17H24N2O3. The number of hydrogen-bond donors (Lipinski definition) is 1. The molecule has 0 unspecified atom stereocenters. The van der Waals surface area contributed by atoms with Gasteiger partial charge in [0.05, 0.1) is 17.9 Å². The Balaban J connectivity index is 2.98. The Labute approximate surface area is 132 Å². The Morgan fingerprint density at radius 2 is 2.05 bits per heavy atom. The van der Waals surface area contributed by atoms with E-state index >= 15 is 0 Å². The second-order valence-corrected chi connectivity index (χ2v) is 5.12. The van der Waals surface area contributed by atoms with E-state index in [0.29, 0.717) is 36.6 Å². The molecule has 5 nitrogen and oxygen atoms in total. The maximum Gasteiger partial charge on any atom is 0.256 e. The summed E-state index contributed by atoms with van der Waals surface area (Å²) in [5.74, 6) is 0.370. The Morgan fingerprint density at radius 3 is 2.59 bits per heavy atom. The van der Waals surface area contributed by atoms with Gasteiger partial charge >= 0.3 is 0 Å². The molecule has 1 rings (SSSR count). The lowest BCUT2D eigenvalue weighted by Crippen LogP contribution is -2.42. The molecule has 0 aliphatic heterocycles. The first-order chi connectivity index (χ1) is 10.5. The molecule has 22 heavy (non-hydrogen) atoms. The minimum absolute atomic E-state index is 0.239. The molecule has 1 aromatic rings. The number of ether oxygens (including phenoxy) is 2. The van der Waals surface area contributed by atoms with E-state index in [2.05, 4.69) is 11.4 Å². The van der Waals surface area contributed by atoms with Gasteiger partial charge in [-0.05, 0) is 45.4 Å². The molecule has 1 N–H and O–H groups in total. The predicted molar refractivity (Wildman–Crippen MR) is 85.9 cm³/mol. The number of carbonyl (C=O) groups is 1. The zero-order valence-electron chi connectivity index (χ0n) is 13.7. The van der Waals surface area contributed by atoms with Gasteiger partial charge in [-0.3, -0.25) is 4.79 Å². The largest absolute Gasteiger partial charge is 0.494 e. The number of nitrogens with one attached hydrogen (secondary N) is 1. The fourth-order valence-electron chi connectivity index (χ4n) is 2.28. The van der Waals surface area contributed by atoms with Crippen LogP contribution in [0.5, 0.6) is 5.75 Å². The molecule has 0 saturated carbocycles. The van der Waals surface area contributed by atoms with Crippen LogP contribution in [-0.2, 0) is 9.53 Å². The summed E-state index contributed by atoms with van der Waals surface area (Å²) in [4.78, 5) is 12.5. The third-order valence-corrected chi connectivity index (χ3v) is 3.34. The summed E-state index contributed by atoms with van der Waals surface area (Å²) in [6.07, 6.45) is 1.45. The topological polar surface area (TPSA) is 71.3 Å². The van der Waals surface area contributed by atoms with Crippen molar-refractivity contribution in [1.29, 1.82) is 5.26 Å². The van der Waals surface area contributed by atoms with E-state index in [1.807, 2.05) is 20.8 Å². The van der Waals surface area contributed by atoms with Crippen molar-refractivity contribution in [2.75, 3.05) is 18.5 Å². The molecule has 1 amide bonds. The lowest BCUT2D eigenvalue weighted by atomic mass is 9.98. The molecule has 0 bridgehead atoms. The lowest BCUT2D eigenvalue weighted by Gasteiger charge is -2.28. The Hall–Kier alpha value is -2.06. The third-order valence-electron chi connectivity index (χ3n) is 3.34. The Morgan fingerprint density at radius 1 is 1.32 bits per heavy atom. The summed E-state index contributed by atoms with van der Waals surface area (Å²) in [7, 11) is 0. The van der Waals surface area contributed by atoms with Crippen LogP contribution in [0.15, 0.2) is 18.2 Å². The van der Waals surface area contributed by atoms with E-state index in [-0.39, 0.29) is 5.91 Å². The Bertz CT molecular complexity index is 543. The van der Waals surface area contributed by atoms with Crippen molar-refractivity contribution in [2.45, 2.75) is 46.1 Å². The van der Waals surface area contributed by atoms with Gasteiger partial charge in [-0.2, -0.15) is 5.26 Å². The predicted octanol–water partition coefficient (Wildman–Crippen LogP) is 3.49. The molecule has 5 heteroatoms. The molecule has 1 atom stereocenters. The number of anilines is 1. The summed E-state index contributed by atoms with van der Waals surface area (Å²) < 4.78 is 11.0. The van der Waals surface area contributed by atoms with Gasteiger partial charge in [0, 0.05) is 6.61 Å². The highest BCUT2D eigenvalue weighted by Gasteiger charge is 2.33. The minimum atomic E-state index is -0.894. The van der Waals surface area contributed by atoms with Crippen LogP contribution in [0.3, 0.4) is 0 Å². The smallest absolute Gasteiger partial charge is 0.256 e. The molecule has 0 radical (unpaired) electrons. The zero-order valence-corrected chi connectivity index (χ0v) is 13.7. The van der Waals surface area contributed by atoms with E-state index in [1.165, 1.54) is 0 Å². The lowest BCUT2D eigenvalue weighted by molar-refractivity contribution is -0.139. The second kappa shape index (κ2) is 8.40. The van der Waals surface area contributed by atoms with Crippen LogP contribution in [0.2, 0.25) is 0 Å². The number of amides is 1. The maximum atomic E-state index is 12.5. The van der Waals surface area contributed by atoms with Crippen LogP contribution in [0.4, 0.5) is 5.69 Å². The van der Waals surface area contributed by atoms with Crippen molar-refractivity contribution in [3.63, 3.8) is 0 Å². The fourth-order valence-corrected chi connectivity index (χ4v) is 2.28. The van der Waals surface area contributed by atoms with Crippen molar-refractivity contribution < 1.29 is 14.3 Å². The number of nitriles is 1. The van der Waals surface area contributed by atoms with Crippen molar-refractivity contribution >= 4 is 11.6 Å². The molecule has 0 heterocycles. The molecule has 1 aromatic carbocycles. The average molecular weight is 304 g/mol. The summed E-state index contributed by atoms with van der Waals surface area (Å²) in [5, 5.41) is 12.0. The first-order valence-electron chi connectivity index (χ1n) is 7.63.